The number of carbonyl (C=O) groups excluding carboxylic acids is 1. The molecule has 0 atom stereocenters. The second-order valence-corrected chi connectivity index (χ2v) is 10.1. The van der Waals surface area contributed by atoms with Crippen LogP contribution in [0.5, 0.6) is 0 Å². The zero-order valence-electron chi connectivity index (χ0n) is 23.0. The summed E-state index contributed by atoms with van der Waals surface area (Å²) in [4.78, 5) is 15.1. The van der Waals surface area contributed by atoms with Gasteiger partial charge in [0.2, 0.25) is 0 Å². The molecule has 0 bridgehead atoms. The standard InChI is InChI=1S/C27H34ClF3N8O/c1-16-6-7-18(11-24(16)39(33)15-23(32)21-14-35-38(5)17(21)2)26(40)36-20-10-19(13-34-8-9-37(3)4)25(28)22(12-20)27(29,30)31/h6-7,10-12,14-15,34H,8-9,13,32-33H2,1-5H3,(H,36,40)/b23-15-. The van der Waals surface area contributed by atoms with Crippen LogP contribution in [-0.4, -0.2) is 47.8 Å². The van der Waals surface area contributed by atoms with E-state index in [0.717, 1.165) is 17.3 Å². The first-order valence-corrected chi connectivity index (χ1v) is 12.7. The third kappa shape index (κ3) is 7.54. The minimum absolute atomic E-state index is 0.0333. The first kappa shape index (κ1) is 31.0. The van der Waals surface area contributed by atoms with Gasteiger partial charge in [0.15, 0.2) is 0 Å². The Morgan fingerprint density at radius 3 is 2.50 bits per heavy atom. The number of hydrazine groups is 1. The molecule has 40 heavy (non-hydrogen) atoms. The number of likely N-dealkylation sites (N-methyl/N-ethyl adjacent to an activating group) is 1. The Morgan fingerprint density at radius 1 is 1.20 bits per heavy atom. The maximum absolute atomic E-state index is 13.7. The van der Waals surface area contributed by atoms with Crippen molar-refractivity contribution in [2.45, 2.75) is 26.6 Å². The van der Waals surface area contributed by atoms with Gasteiger partial charge in [-0.05, 0) is 63.3 Å². The molecule has 0 saturated carbocycles. The molecule has 6 N–H and O–H groups in total. The number of alkyl halides is 3. The number of nitrogens with zero attached hydrogens (tertiary/aromatic N) is 4. The Hall–Kier alpha value is -3.58. The number of aromatic nitrogens is 2. The van der Waals surface area contributed by atoms with Crippen LogP contribution in [0.25, 0.3) is 5.70 Å². The predicted octanol–water partition coefficient (Wildman–Crippen LogP) is 4.25. The molecule has 1 amide bonds. The molecule has 0 fully saturated rings. The predicted molar refractivity (Wildman–Crippen MR) is 153 cm³/mol. The zero-order valence-corrected chi connectivity index (χ0v) is 23.8. The number of nitrogens with one attached hydrogen (secondary N) is 2. The fourth-order valence-corrected chi connectivity index (χ4v) is 4.20. The van der Waals surface area contributed by atoms with Crippen molar-refractivity contribution in [1.29, 1.82) is 0 Å². The summed E-state index contributed by atoms with van der Waals surface area (Å²) in [6, 6.07) is 7.04. The Balaban J connectivity index is 1.87. The number of aryl methyl sites for hydroxylation is 2. The monoisotopic (exact) mass is 578 g/mol. The van der Waals surface area contributed by atoms with Crippen LogP contribution in [0.2, 0.25) is 5.02 Å². The van der Waals surface area contributed by atoms with E-state index in [4.69, 9.17) is 23.2 Å². The van der Waals surface area contributed by atoms with Crippen LogP contribution in [0.1, 0.15) is 38.3 Å². The summed E-state index contributed by atoms with van der Waals surface area (Å²) in [5.74, 6) is 5.65. The van der Waals surface area contributed by atoms with E-state index in [9.17, 15) is 18.0 Å². The normalized spacial score (nSPS) is 12.2. The molecule has 13 heteroatoms. The highest BCUT2D eigenvalue weighted by atomic mass is 35.5. The zero-order chi connectivity index (χ0) is 29.8. The minimum Gasteiger partial charge on any atom is -0.397 e. The number of nitrogens with two attached hydrogens (primary N) is 2. The third-order valence-electron chi connectivity index (χ3n) is 6.34. The third-order valence-corrected chi connectivity index (χ3v) is 6.78. The van der Waals surface area contributed by atoms with Crippen LogP contribution in [0.4, 0.5) is 24.5 Å². The lowest BCUT2D eigenvalue weighted by Gasteiger charge is -2.19. The van der Waals surface area contributed by atoms with Gasteiger partial charge in [0.1, 0.15) is 0 Å². The highest BCUT2D eigenvalue weighted by molar-refractivity contribution is 6.32. The molecule has 3 rings (SSSR count). The van der Waals surface area contributed by atoms with Gasteiger partial charge in [-0.25, -0.2) is 5.84 Å². The van der Waals surface area contributed by atoms with E-state index in [0.29, 0.717) is 30.0 Å². The molecule has 0 radical (unpaired) electrons. The summed E-state index contributed by atoms with van der Waals surface area (Å²) < 4.78 is 42.9. The van der Waals surface area contributed by atoms with Crippen LogP contribution in [0.3, 0.4) is 0 Å². The molecule has 216 valence electrons. The van der Waals surface area contributed by atoms with Crippen molar-refractivity contribution in [3.8, 4) is 0 Å². The van der Waals surface area contributed by atoms with Crippen molar-refractivity contribution in [3.05, 3.63) is 81.3 Å². The summed E-state index contributed by atoms with van der Waals surface area (Å²) in [6.07, 6.45) is -1.57. The van der Waals surface area contributed by atoms with Gasteiger partial charge in [0.25, 0.3) is 5.91 Å². The number of benzene rings is 2. The Bertz CT molecular complexity index is 1400. The first-order valence-electron chi connectivity index (χ1n) is 12.4. The topological polar surface area (TPSA) is 117 Å². The summed E-state index contributed by atoms with van der Waals surface area (Å²) in [6.45, 7) is 5.01. The minimum atomic E-state index is -4.70. The van der Waals surface area contributed by atoms with Crippen LogP contribution in [-0.2, 0) is 19.8 Å². The van der Waals surface area contributed by atoms with Crippen molar-refractivity contribution in [2.24, 2.45) is 18.6 Å². The van der Waals surface area contributed by atoms with E-state index in [-0.39, 0.29) is 23.4 Å². The average Bonchev–Trinajstić information content (AvgIpc) is 3.20. The second kappa shape index (κ2) is 12.7. The van der Waals surface area contributed by atoms with Crippen LogP contribution in [0, 0.1) is 13.8 Å². The Kier molecular flexibility index (Phi) is 9.85. The first-order chi connectivity index (χ1) is 18.7. The summed E-state index contributed by atoms with van der Waals surface area (Å²) in [5.41, 5.74) is 8.73. The van der Waals surface area contributed by atoms with Gasteiger partial charge < -0.3 is 21.3 Å². The second-order valence-electron chi connectivity index (χ2n) is 9.69. The number of amides is 1. The lowest BCUT2D eigenvalue weighted by molar-refractivity contribution is -0.137. The quantitative estimate of drug-likeness (QED) is 0.161. The van der Waals surface area contributed by atoms with E-state index >= 15 is 0 Å². The summed E-state index contributed by atoms with van der Waals surface area (Å²) >= 11 is 6.11. The van der Waals surface area contributed by atoms with Gasteiger partial charge in [-0.3, -0.25) is 14.5 Å². The van der Waals surface area contributed by atoms with E-state index in [1.54, 1.807) is 37.0 Å². The van der Waals surface area contributed by atoms with E-state index < -0.39 is 22.7 Å². The highest BCUT2D eigenvalue weighted by Crippen LogP contribution is 2.38. The van der Waals surface area contributed by atoms with E-state index in [1.807, 2.05) is 25.9 Å². The van der Waals surface area contributed by atoms with Gasteiger partial charge in [-0.2, -0.15) is 18.3 Å². The molecule has 3 aromatic rings. The van der Waals surface area contributed by atoms with Crippen molar-refractivity contribution in [2.75, 3.05) is 37.5 Å². The van der Waals surface area contributed by atoms with Crippen LogP contribution < -0.4 is 27.2 Å². The van der Waals surface area contributed by atoms with Gasteiger partial charge in [0, 0.05) is 55.4 Å². The van der Waals surface area contributed by atoms with E-state index in [1.165, 1.54) is 23.3 Å². The van der Waals surface area contributed by atoms with Crippen molar-refractivity contribution >= 4 is 34.6 Å². The van der Waals surface area contributed by atoms with Gasteiger partial charge >= 0.3 is 6.18 Å². The fourth-order valence-electron chi connectivity index (χ4n) is 3.92. The molecule has 9 nitrogen and oxygen atoms in total. The molecule has 0 aliphatic carbocycles. The smallest absolute Gasteiger partial charge is 0.397 e. The van der Waals surface area contributed by atoms with Crippen LogP contribution in [0.15, 0.2) is 42.7 Å². The van der Waals surface area contributed by atoms with Crippen molar-refractivity contribution in [3.63, 3.8) is 0 Å². The molecule has 0 spiro atoms. The largest absolute Gasteiger partial charge is 0.417 e. The number of hydrogen-bond donors (Lipinski definition) is 4. The molecule has 0 unspecified atom stereocenters. The number of halogens is 4. The molecule has 0 aliphatic heterocycles. The lowest BCUT2D eigenvalue weighted by Crippen LogP contribution is -2.27. The molecule has 2 aromatic carbocycles. The number of hydrogen-bond acceptors (Lipinski definition) is 7. The SMILES string of the molecule is Cc1ccc(C(=O)Nc2cc(CNCCN(C)C)c(Cl)c(C(F)(F)F)c2)cc1N(N)/C=C(\N)c1cnn(C)c1C. The number of anilines is 2. The van der Waals surface area contributed by atoms with Crippen molar-refractivity contribution < 1.29 is 18.0 Å². The molecule has 0 saturated heterocycles. The molecular formula is C27H34ClF3N8O. The highest BCUT2D eigenvalue weighted by Gasteiger charge is 2.35. The summed E-state index contributed by atoms with van der Waals surface area (Å²) in [7, 11) is 5.57. The maximum Gasteiger partial charge on any atom is 0.417 e. The Morgan fingerprint density at radius 2 is 1.90 bits per heavy atom. The average molecular weight is 579 g/mol. The van der Waals surface area contributed by atoms with Crippen LogP contribution >= 0.6 is 11.6 Å². The maximum atomic E-state index is 13.7. The molecule has 1 aromatic heterocycles. The Labute approximate surface area is 236 Å². The fraction of sp³-hybridized carbons (Fsp3) is 0.333. The van der Waals surface area contributed by atoms with E-state index in [2.05, 4.69) is 15.7 Å². The lowest BCUT2D eigenvalue weighted by atomic mass is 10.1. The van der Waals surface area contributed by atoms with Gasteiger partial charge in [-0.15, -0.1) is 0 Å². The van der Waals surface area contributed by atoms with Gasteiger partial charge in [-0.1, -0.05) is 17.7 Å². The molecule has 0 aliphatic rings. The number of carbonyl (C=O) groups is 1. The number of rotatable bonds is 10. The van der Waals surface area contributed by atoms with Gasteiger partial charge in [0.05, 0.1) is 28.2 Å². The van der Waals surface area contributed by atoms with Crippen molar-refractivity contribution in [1.82, 2.24) is 20.0 Å². The molecular weight excluding hydrogens is 545 g/mol. The molecule has 1 heterocycles. The summed E-state index contributed by atoms with van der Waals surface area (Å²) in [5, 5.41) is 10.7.